The number of likely N-dealkylation sites (N-methyl/N-ethyl adjacent to an activating group) is 1. The largest absolute Gasteiger partial charge is 0.489 e. The summed E-state index contributed by atoms with van der Waals surface area (Å²) in [7, 11) is 3.58. The van der Waals surface area contributed by atoms with Crippen molar-refractivity contribution in [1.29, 1.82) is 0 Å². The van der Waals surface area contributed by atoms with E-state index in [1.54, 1.807) is 19.0 Å². The van der Waals surface area contributed by atoms with Crippen LogP contribution in [0.5, 0.6) is 5.75 Å². The smallest absolute Gasteiger partial charge is 0.408 e. The Kier molecular flexibility index (Phi) is 16.1. The van der Waals surface area contributed by atoms with Gasteiger partial charge in [-0.3, -0.25) is 14.4 Å². The summed E-state index contributed by atoms with van der Waals surface area (Å²) >= 11 is 0. The first-order valence-corrected chi connectivity index (χ1v) is 18.3. The molecule has 4 aromatic rings. The molecule has 4 rings (SSSR count). The fourth-order valence-corrected chi connectivity index (χ4v) is 5.86. The molecule has 4 amide bonds. The van der Waals surface area contributed by atoms with Crippen LogP contribution in [0.4, 0.5) is 4.79 Å². The van der Waals surface area contributed by atoms with Crippen LogP contribution in [0.3, 0.4) is 0 Å². The van der Waals surface area contributed by atoms with Crippen molar-refractivity contribution in [2.75, 3.05) is 27.2 Å². The van der Waals surface area contributed by atoms with Gasteiger partial charge in [0.15, 0.2) is 0 Å². The van der Waals surface area contributed by atoms with Gasteiger partial charge in [0.05, 0.1) is 0 Å². The lowest BCUT2D eigenvalue weighted by Crippen LogP contribution is -2.60. The summed E-state index contributed by atoms with van der Waals surface area (Å²) in [4.78, 5) is 58.0. The van der Waals surface area contributed by atoms with E-state index in [-0.39, 0.29) is 38.5 Å². The number of ether oxygens (including phenoxy) is 2. The summed E-state index contributed by atoms with van der Waals surface area (Å²) in [5.74, 6) is -0.779. The number of alkyl carbamates (subject to hydrolysis) is 1. The lowest BCUT2D eigenvalue weighted by atomic mass is 10.0. The molecule has 3 atom stereocenters. The average molecular weight is 736 g/mol. The van der Waals surface area contributed by atoms with Crippen LogP contribution in [-0.2, 0) is 45.2 Å². The monoisotopic (exact) mass is 735 g/mol. The SMILES string of the molecule is CC(C)CCN(C(=O)[C@@H](CN(C)C)NC(=O)[C@H](Cc1ccc(OCc2ccccc2)cc1)NC(=O)OCc1ccccc1)[C@@H](Cc1ccccc1)C(N)=O. The van der Waals surface area contributed by atoms with Crippen molar-refractivity contribution in [3.8, 4) is 5.75 Å². The fourth-order valence-electron chi connectivity index (χ4n) is 5.86. The van der Waals surface area contributed by atoms with Gasteiger partial charge in [0.25, 0.3) is 0 Å². The molecular formula is C43H53N5O6. The molecule has 0 aliphatic heterocycles. The minimum atomic E-state index is -1.11. The molecule has 0 heterocycles. The van der Waals surface area contributed by atoms with Crippen molar-refractivity contribution in [2.45, 2.75) is 64.4 Å². The fraction of sp³-hybridized carbons (Fsp3) is 0.349. The van der Waals surface area contributed by atoms with Gasteiger partial charge < -0.3 is 35.6 Å². The van der Waals surface area contributed by atoms with Crippen LogP contribution in [0.25, 0.3) is 0 Å². The Morgan fingerprint density at radius 3 is 1.74 bits per heavy atom. The normalized spacial score (nSPS) is 12.7. The third-order valence-electron chi connectivity index (χ3n) is 8.80. The van der Waals surface area contributed by atoms with Crippen molar-refractivity contribution < 1.29 is 28.7 Å². The Labute approximate surface area is 318 Å². The Morgan fingerprint density at radius 1 is 0.667 bits per heavy atom. The van der Waals surface area contributed by atoms with Crippen molar-refractivity contribution in [3.05, 3.63) is 138 Å². The van der Waals surface area contributed by atoms with Gasteiger partial charge in [-0.2, -0.15) is 0 Å². The number of nitrogens with two attached hydrogens (primary N) is 1. The van der Waals surface area contributed by atoms with E-state index in [0.29, 0.717) is 18.8 Å². The van der Waals surface area contributed by atoms with Crippen LogP contribution in [0.15, 0.2) is 115 Å². The molecule has 4 aromatic carbocycles. The number of rotatable bonds is 20. The molecule has 0 saturated heterocycles. The maximum atomic E-state index is 14.5. The van der Waals surface area contributed by atoms with E-state index in [0.717, 1.165) is 22.3 Å². The van der Waals surface area contributed by atoms with Gasteiger partial charge in [-0.05, 0) is 60.8 Å². The van der Waals surface area contributed by atoms with Crippen LogP contribution in [0, 0.1) is 5.92 Å². The van der Waals surface area contributed by atoms with Crippen LogP contribution in [0.1, 0.15) is 42.5 Å². The molecule has 0 aliphatic rings. The summed E-state index contributed by atoms with van der Waals surface area (Å²) in [5.41, 5.74) is 9.37. The second-order valence-corrected chi connectivity index (χ2v) is 14.0. The minimum absolute atomic E-state index is 0.0108. The number of nitrogens with zero attached hydrogens (tertiary/aromatic N) is 2. The van der Waals surface area contributed by atoms with Gasteiger partial charge >= 0.3 is 6.09 Å². The predicted octanol–water partition coefficient (Wildman–Crippen LogP) is 5.12. The molecule has 0 spiro atoms. The lowest BCUT2D eigenvalue weighted by molar-refractivity contribution is -0.143. The van der Waals surface area contributed by atoms with Crippen LogP contribution < -0.4 is 21.1 Å². The second-order valence-electron chi connectivity index (χ2n) is 14.0. The molecule has 0 fully saturated rings. The van der Waals surface area contributed by atoms with E-state index in [1.165, 1.54) is 4.90 Å². The van der Waals surface area contributed by atoms with E-state index < -0.39 is 41.9 Å². The molecule has 0 bridgehead atoms. The van der Waals surface area contributed by atoms with Gasteiger partial charge in [0, 0.05) is 25.9 Å². The first-order chi connectivity index (χ1) is 26.0. The van der Waals surface area contributed by atoms with Crippen molar-refractivity contribution in [3.63, 3.8) is 0 Å². The molecule has 11 heteroatoms. The molecule has 0 radical (unpaired) electrons. The number of carbonyl (C=O) groups excluding carboxylic acids is 4. The molecular weight excluding hydrogens is 683 g/mol. The van der Waals surface area contributed by atoms with E-state index in [2.05, 4.69) is 10.6 Å². The Balaban J connectivity index is 1.56. The summed E-state index contributed by atoms with van der Waals surface area (Å²) in [5, 5.41) is 5.62. The zero-order chi connectivity index (χ0) is 38.9. The summed E-state index contributed by atoms with van der Waals surface area (Å²) in [6.07, 6.45) is 0.163. The van der Waals surface area contributed by atoms with Gasteiger partial charge in [-0.15, -0.1) is 0 Å². The number of benzene rings is 4. The standard InChI is InChI=1S/C43H53N5O6/c1-31(2)24-25-48(39(40(44)49)27-32-14-8-5-9-15-32)42(51)38(28-47(3)4)45-41(50)37(46-43(52)54-30-35-18-12-7-13-19-35)26-33-20-22-36(23-21-33)53-29-34-16-10-6-11-17-34/h5-23,31,37-39H,24-30H2,1-4H3,(H2,44,49)(H,45,50)(H,46,52)/t37-,38+,39-/m0/s1. The van der Waals surface area contributed by atoms with Crippen LogP contribution in [0.2, 0.25) is 0 Å². The highest BCUT2D eigenvalue weighted by Gasteiger charge is 2.35. The maximum absolute atomic E-state index is 14.5. The lowest BCUT2D eigenvalue weighted by Gasteiger charge is -2.35. The third kappa shape index (κ3) is 13.7. The Hall–Kier alpha value is -5.68. The van der Waals surface area contributed by atoms with Gasteiger partial charge in [-0.1, -0.05) is 117 Å². The van der Waals surface area contributed by atoms with E-state index in [1.807, 2.05) is 129 Å². The topological polar surface area (TPSA) is 143 Å². The average Bonchev–Trinajstić information content (AvgIpc) is 3.16. The molecule has 0 unspecified atom stereocenters. The minimum Gasteiger partial charge on any atom is -0.489 e. The zero-order valence-electron chi connectivity index (χ0n) is 31.7. The molecule has 0 aromatic heterocycles. The van der Waals surface area contributed by atoms with Crippen LogP contribution in [-0.4, -0.2) is 78.9 Å². The number of primary amides is 1. The summed E-state index contributed by atoms with van der Waals surface area (Å²) in [6.45, 7) is 4.89. The van der Waals surface area contributed by atoms with Gasteiger partial charge in [0.2, 0.25) is 17.7 Å². The number of carbonyl (C=O) groups is 4. The Bertz CT molecular complexity index is 1750. The van der Waals surface area contributed by atoms with Crippen molar-refractivity contribution in [2.24, 2.45) is 11.7 Å². The van der Waals surface area contributed by atoms with E-state index >= 15 is 0 Å². The zero-order valence-corrected chi connectivity index (χ0v) is 31.7. The Morgan fingerprint density at radius 2 is 1.20 bits per heavy atom. The van der Waals surface area contributed by atoms with Crippen molar-refractivity contribution >= 4 is 23.8 Å². The molecule has 4 N–H and O–H groups in total. The highest BCUT2D eigenvalue weighted by atomic mass is 16.5. The molecule has 0 saturated carbocycles. The molecule has 0 aliphatic carbocycles. The third-order valence-corrected chi connectivity index (χ3v) is 8.80. The van der Waals surface area contributed by atoms with Gasteiger partial charge in [-0.25, -0.2) is 4.79 Å². The number of amides is 4. The predicted molar refractivity (Wildman–Crippen MR) is 209 cm³/mol. The number of nitrogens with one attached hydrogen (secondary N) is 2. The number of hydrogen-bond donors (Lipinski definition) is 3. The molecule has 286 valence electrons. The van der Waals surface area contributed by atoms with Gasteiger partial charge in [0.1, 0.15) is 37.1 Å². The summed E-state index contributed by atoms with van der Waals surface area (Å²) < 4.78 is 11.4. The first-order valence-electron chi connectivity index (χ1n) is 18.3. The highest BCUT2D eigenvalue weighted by molar-refractivity contribution is 5.94. The summed E-state index contributed by atoms with van der Waals surface area (Å²) in [6, 6.07) is 32.6. The quantitative estimate of drug-likeness (QED) is 0.114. The van der Waals surface area contributed by atoms with E-state index in [9.17, 15) is 19.2 Å². The van der Waals surface area contributed by atoms with Crippen LogP contribution >= 0.6 is 0 Å². The second kappa shape index (κ2) is 21.1. The highest BCUT2D eigenvalue weighted by Crippen LogP contribution is 2.17. The van der Waals surface area contributed by atoms with E-state index in [4.69, 9.17) is 15.2 Å². The molecule has 11 nitrogen and oxygen atoms in total. The first kappa shape index (κ1) is 41.1. The molecule has 54 heavy (non-hydrogen) atoms. The number of hydrogen-bond acceptors (Lipinski definition) is 7. The maximum Gasteiger partial charge on any atom is 0.408 e. The van der Waals surface area contributed by atoms with Crippen molar-refractivity contribution in [1.82, 2.24) is 20.4 Å².